The number of nitrogens with zero attached hydrogens (tertiary/aromatic N) is 1. The highest BCUT2D eigenvalue weighted by molar-refractivity contribution is 4.80. The van der Waals surface area contributed by atoms with E-state index in [1.54, 1.807) is 0 Å². The van der Waals surface area contributed by atoms with E-state index in [0.29, 0.717) is 5.41 Å². The van der Waals surface area contributed by atoms with Crippen molar-refractivity contribution in [3.63, 3.8) is 0 Å². The fraction of sp³-hybridized carbons (Fsp3) is 1.00. The molecule has 2 aliphatic rings. The Morgan fingerprint density at radius 1 is 0.905 bits per heavy atom. The standard InChI is InChI=1S/C19H38N2/c1-19(2,3)17-9-8-15-21(16-12-17)14-7-5-4-6-13-20-18-10-11-18/h17-18,20H,4-16H2,1-3H3. The van der Waals surface area contributed by atoms with Gasteiger partial charge >= 0.3 is 0 Å². The van der Waals surface area contributed by atoms with Gasteiger partial charge in [-0.05, 0) is 82.5 Å². The van der Waals surface area contributed by atoms with Crippen LogP contribution in [0.25, 0.3) is 0 Å². The van der Waals surface area contributed by atoms with Gasteiger partial charge in [0, 0.05) is 6.04 Å². The van der Waals surface area contributed by atoms with Crippen LogP contribution in [0.1, 0.15) is 78.6 Å². The molecule has 0 radical (unpaired) electrons. The summed E-state index contributed by atoms with van der Waals surface area (Å²) < 4.78 is 0. The van der Waals surface area contributed by atoms with Gasteiger partial charge in [-0.3, -0.25) is 0 Å². The molecular weight excluding hydrogens is 256 g/mol. The Kier molecular flexibility index (Phi) is 7.01. The minimum absolute atomic E-state index is 0.505. The lowest BCUT2D eigenvalue weighted by molar-refractivity contribution is 0.207. The summed E-state index contributed by atoms with van der Waals surface area (Å²) in [6.45, 7) is 12.5. The fourth-order valence-corrected chi connectivity index (χ4v) is 3.65. The number of rotatable bonds is 8. The van der Waals surface area contributed by atoms with Crippen molar-refractivity contribution in [1.82, 2.24) is 10.2 Å². The molecule has 1 aliphatic heterocycles. The third-order valence-electron chi connectivity index (χ3n) is 5.46. The first kappa shape index (κ1) is 17.3. The smallest absolute Gasteiger partial charge is 0.00682 e. The topological polar surface area (TPSA) is 15.3 Å². The lowest BCUT2D eigenvalue weighted by atomic mass is 9.77. The summed E-state index contributed by atoms with van der Waals surface area (Å²) >= 11 is 0. The zero-order valence-corrected chi connectivity index (χ0v) is 14.8. The molecule has 2 rings (SSSR count). The van der Waals surface area contributed by atoms with Crippen molar-refractivity contribution in [2.24, 2.45) is 11.3 Å². The second-order valence-electron chi connectivity index (χ2n) is 8.48. The van der Waals surface area contributed by atoms with Crippen LogP contribution in [-0.2, 0) is 0 Å². The predicted octanol–water partition coefficient (Wildman–Crippen LogP) is 4.45. The van der Waals surface area contributed by atoms with E-state index in [2.05, 4.69) is 31.0 Å². The molecule has 0 amide bonds. The maximum Gasteiger partial charge on any atom is 0.00682 e. The Balaban J connectivity index is 1.48. The van der Waals surface area contributed by atoms with Gasteiger partial charge in [0.1, 0.15) is 0 Å². The van der Waals surface area contributed by atoms with E-state index in [1.165, 1.54) is 84.0 Å². The van der Waals surface area contributed by atoms with E-state index in [9.17, 15) is 0 Å². The first-order valence-electron chi connectivity index (χ1n) is 9.51. The average molecular weight is 295 g/mol. The van der Waals surface area contributed by atoms with Gasteiger partial charge in [-0.1, -0.05) is 33.6 Å². The summed E-state index contributed by atoms with van der Waals surface area (Å²) in [7, 11) is 0. The normalized spacial score (nSPS) is 25.0. The Bertz CT molecular complexity index is 278. The molecule has 1 saturated heterocycles. The molecule has 21 heavy (non-hydrogen) atoms. The lowest BCUT2D eigenvalue weighted by Gasteiger charge is -2.29. The number of likely N-dealkylation sites (tertiary alicyclic amines) is 1. The number of nitrogens with one attached hydrogen (secondary N) is 1. The van der Waals surface area contributed by atoms with E-state index < -0.39 is 0 Å². The zero-order chi connectivity index (χ0) is 15.1. The van der Waals surface area contributed by atoms with Gasteiger partial charge in [-0.2, -0.15) is 0 Å². The van der Waals surface area contributed by atoms with Crippen LogP contribution < -0.4 is 5.32 Å². The minimum Gasteiger partial charge on any atom is -0.314 e. The van der Waals surface area contributed by atoms with Gasteiger partial charge in [-0.15, -0.1) is 0 Å². The van der Waals surface area contributed by atoms with Crippen molar-refractivity contribution < 1.29 is 0 Å². The number of hydrogen-bond acceptors (Lipinski definition) is 2. The third-order valence-corrected chi connectivity index (χ3v) is 5.46. The summed E-state index contributed by atoms with van der Waals surface area (Å²) in [6, 6.07) is 0.887. The van der Waals surface area contributed by atoms with Gasteiger partial charge < -0.3 is 10.2 Å². The van der Waals surface area contributed by atoms with Crippen LogP contribution in [0, 0.1) is 11.3 Å². The second-order valence-corrected chi connectivity index (χ2v) is 8.48. The molecule has 124 valence electrons. The molecule has 0 aromatic rings. The van der Waals surface area contributed by atoms with Gasteiger partial charge in [0.2, 0.25) is 0 Å². The Morgan fingerprint density at radius 3 is 2.38 bits per heavy atom. The van der Waals surface area contributed by atoms with Crippen LogP contribution in [0.3, 0.4) is 0 Å². The highest BCUT2D eigenvalue weighted by atomic mass is 15.1. The Morgan fingerprint density at radius 2 is 1.67 bits per heavy atom. The van der Waals surface area contributed by atoms with Crippen LogP contribution in [0.2, 0.25) is 0 Å². The summed E-state index contributed by atoms with van der Waals surface area (Å²) in [4.78, 5) is 2.73. The predicted molar refractivity (Wildman–Crippen MR) is 92.7 cm³/mol. The molecule has 0 aromatic heterocycles. The molecule has 1 atom stereocenters. The van der Waals surface area contributed by atoms with Gasteiger partial charge in [-0.25, -0.2) is 0 Å². The quantitative estimate of drug-likeness (QED) is 0.665. The van der Waals surface area contributed by atoms with E-state index >= 15 is 0 Å². The first-order chi connectivity index (χ1) is 10.1. The van der Waals surface area contributed by atoms with Crippen LogP contribution in [0.4, 0.5) is 0 Å². The summed E-state index contributed by atoms with van der Waals surface area (Å²) in [5, 5.41) is 3.61. The van der Waals surface area contributed by atoms with Crippen LogP contribution in [-0.4, -0.2) is 37.1 Å². The van der Waals surface area contributed by atoms with Gasteiger partial charge in [0.05, 0.1) is 0 Å². The fourth-order valence-electron chi connectivity index (χ4n) is 3.65. The van der Waals surface area contributed by atoms with E-state index in [1.807, 2.05) is 0 Å². The number of unbranched alkanes of at least 4 members (excludes halogenated alkanes) is 3. The highest BCUT2D eigenvalue weighted by Crippen LogP contribution is 2.34. The van der Waals surface area contributed by atoms with Crippen LogP contribution >= 0.6 is 0 Å². The second kappa shape index (κ2) is 8.53. The maximum absolute atomic E-state index is 3.61. The van der Waals surface area contributed by atoms with E-state index in [-0.39, 0.29) is 0 Å². The van der Waals surface area contributed by atoms with Gasteiger partial charge in [0.25, 0.3) is 0 Å². The van der Waals surface area contributed by atoms with Crippen molar-refractivity contribution in [3.05, 3.63) is 0 Å². The van der Waals surface area contributed by atoms with Crippen molar-refractivity contribution >= 4 is 0 Å². The lowest BCUT2D eigenvalue weighted by Crippen LogP contribution is -2.27. The number of hydrogen-bond donors (Lipinski definition) is 1. The van der Waals surface area contributed by atoms with Crippen molar-refractivity contribution in [2.75, 3.05) is 26.2 Å². The molecule has 0 spiro atoms. The molecule has 1 heterocycles. The minimum atomic E-state index is 0.505. The first-order valence-corrected chi connectivity index (χ1v) is 9.51. The molecule has 2 fully saturated rings. The molecule has 2 heteroatoms. The van der Waals surface area contributed by atoms with Crippen LogP contribution in [0.15, 0.2) is 0 Å². The van der Waals surface area contributed by atoms with Crippen molar-refractivity contribution in [2.45, 2.75) is 84.6 Å². The Labute approximate surface area is 133 Å². The summed E-state index contributed by atoms with van der Waals surface area (Å²) in [6.07, 6.45) is 12.7. The highest BCUT2D eigenvalue weighted by Gasteiger charge is 2.26. The van der Waals surface area contributed by atoms with Crippen LogP contribution in [0.5, 0.6) is 0 Å². The molecule has 1 unspecified atom stereocenters. The average Bonchev–Trinajstić information content (AvgIpc) is 3.23. The zero-order valence-electron chi connectivity index (χ0n) is 14.8. The van der Waals surface area contributed by atoms with Gasteiger partial charge in [0.15, 0.2) is 0 Å². The summed E-state index contributed by atoms with van der Waals surface area (Å²) in [5.74, 6) is 0.927. The molecule has 0 bridgehead atoms. The molecule has 1 aliphatic carbocycles. The molecule has 1 saturated carbocycles. The molecule has 1 N–H and O–H groups in total. The monoisotopic (exact) mass is 294 g/mol. The van der Waals surface area contributed by atoms with E-state index in [0.717, 1.165) is 12.0 Å². The third kappa shape index (κ3) is 7.15. The molecule has 2 nitrogen and oxygen atoms in total. The SMILES string of the molecule is CC(C)(C)C1CCCN(CCCCCCNC2CC2)CC1. The summed E-state index contributed by atoms with van der Waals surface area (Å²) in [5.41, 5.74) is 0.505. The maximum atomic E-state index is 3.61. The van der Waals surface area contributed by atoms with E-state index in [4.69, 9.17) is 0 Å². The molecular formula is C19H38N2. The Hall–Kier alpha value is -0.0800. The molecule has 0 aromatic carbocycles. The van der Waals surface area contributed by atoms with Crippen molar-refractivity contribution in [1.29, 1.82) is 0 Å². The van der Waals surface area contributed by atoms with Crippen molar-refractivity contribution in [3.8, 4) is 0 Å². The largest absolute Gasteiger partial charge is 0.314 e.